The molecule has 1 saturated carbocycles. The summed E-state index contributed by atoms with van der Waals surface area (Å²) in [7, 11) is 2.01. The molecule has 3 heteroatoms. The molecule has 2 nitrogen and oxygen atoms in total. The predicted octanol–water partition coefficient (Wildman–Crippen LogP) is 2.91. The van der Waals surface area contributed by atoms with E-state index in [4.69, 9.17) is 5.73 Å². The summed E-state index contributed by atoms with van der Waals surface area (Å²) in [4.78, 5) is 0. The summed E-state index contributed by atoms with van der Waals surface area (Å²) in [6.07, 6.45) is 5.36. The minimum Gasteiger partial charge on any atom is -0.350 e. The van der Waals surface area contributed by atoms with Gasteiger partial charge < -0.3 is 10.3 Å². The maximum atomic E-state index is 13.4. The summed E-state index contributed by atoms with van der Waals surface area (Å²) in [5.41, 5.74) is 8.32. The predicted molar refractivity (Wildman–Crippen MR) is 67.4 cm³/mol. The number of aromatic nitrogens is 1. The Morgan fingerprint density at radius 2 is 2.18 bits per heavy atom. The minimum atomic E-state index is -0.160. The van der Waals surface area contributed by atoms with Crippen LogP contribution in [0.5, 0.6) is 0 Å². The highest BCUT2D eigenvalue weighted by Gasteiger charge is 2.25. The van der Waals surface area contributed by atoms with Gasteiger partial charge in [-0.3, -0.25) is 0 Å². The Morgan fingerprint density at radius 1 is 1.35 bits per heavy atom. The van der Waals surface area contributed by atoms with E-state index in [0.717, 1.165) is 30.2 Å². The average Bonchev–Trinajstić information content (AvgIpc) is 2.83. The molecule has 0 spiro atoms. The van der Waals surface area contributed by atoms with Gasteiger partial charge in [0.1, 0.15) is 5.82 Å². The van der Waals surface area contributed by atoms with Crippen molar-refractivity contribution in [3.63, 3.8) is 0 Å². The lowest BCUT2D eigenvalue weighted by molar-refractivity contribution is 0.629. The summed E-state index contributed by atoms with van der Waals surface area (Å²) in [6, 6.07) is 5.33. The monoisotopic (exact) mass is 232 g/mol. The van der Waals surface area contributed by atoms with Crippen molar-refractivity contribution < 1.29 is 4.39 Å². The summed E-state index contributed by atoms with van der Waals surface area (Å²) in [5.74, 6) is 0.336. The largest absolute Gasteiger partial charge is 0.350 e. The third-order valence-corrected chi connectivity index (χ3v) is 3.90. The third kappa shape index (κ3) is 1.75. The molecule has 0 unspecified atom stereocenters. The van der Waals surface area contributed by atoms with Gasteiger partial charge in [0.2, 0.25) is 0 Å². The van der Waals surface area contributed by atoms with Crippen LogP contribution in [0.1, 0.15) is 30.7 Å². The van der Waals surface area contributed by atoms with Crippen molar-refractivity contribution in [3.8, 4) is 0 Å². The Labute approximate surface area is 100 Å². The van der Waals surface area contributed by atoms with Gasteiger partial charge in [-0.15, -0.1) is 0 Å². The summed E-state index contributed by atoms with van der Waals surface area (Å²) < 4.78 is 15.4. The van der Waals surface area contributed by atoms with E-state index in [2.05, 4.69) is 10.8 Å². The molecule has 1 heterocycles. The summed E-state index contributed by atoms with van der Waals surface area (Å²) in [5, 5.41) is 1.05. The molecule has 0 bridgehead atoms. The smallest absolute Gasteiger partial charge is 0.123 e. The molecule has 90 valence electrons. The van der Waals surface area contributed by atoms with Crippen molar-refractivity contribution >= 4 is 10.9 Å². The van der Waals surface area contributed by atoms with E-state index in [1.165, 1.54) is 11.6 Å². The Morgan fingerprint density at radius 3 is 2.88 bits per heavy atom. The van der Waals surface area contributed by atoms with Crippen LogP contribution in [0.15, 0.2) is 24.4 Å². The zero-order chi connectivity index (χ0) is 12.0. The van der Waals surface area contributed by atoms with Crippen LogP contribution in [-0.4, -0.2) is 10.6 Å². The number of aryl methyl sites for hydroxylation is 1. The maximum Gasteiger partial charge on any atom is 0.123 e. The van der Waals surface area contributed by atoms with Crippen molar-refractivity contribution in [3.05, 3.63) is 35.8 Å². The fourth-order valence-corrected chi connectivity index (χ4v) is 3.02. The second kappa shape index (κ2) is 3.84. The lowest BCUT2D eigenvalue weighted by Gasteiger charge is -2.07. The summed E-state index contributed by atoms with van der Waals surface area (Å²) >= 11 is 0. The molecule has 0 radical (unpaired) electrons. The molecule has 17 heavy (non-hydrogen) atoms. The normalized spacial score (nSPS) is 24.6. The quantitative estimate of drug-likeness (QED) is 0.805. The van der Waals surface area contributed by atoms with E-state index in [-0.39, 0.29) is 5.82 Å². The van der Waals surface area contributed by atoms with E-state index >= 15 is 0 Å². The first-order valence-electron chi connectivity index (χ1n) is 6.15. The van der Waals surface area contributed by atoms with Crippen LogP contribution in [0, 0.1) is 5.82 Å². The van der Waals surface area contributed by atoms with Crippen molar-refractivity contribution in [2.45, 2.75) is 31.2 Å². The molecule has 1 aliphatic rings. The fraction of sp³-hybridized carbons (Fsp3) is 0.429. The molecule has 1 aromatic heterocycles. The van der Waals surface area contributed by atoms with Crippen molar-refractivity contribution in [2.24, 2.45) is 12.8 Å². The number of halogens is 1. The van der Waals surface area contributed by atoms with Crippen LogP contribution in [0.25, 0.3) is 10.9 Å². The van der Waals surface area contributed by atoms with Crippen molar-refractivity contribution in [1.82, 2.24) is 4.57 Å². The van der Waals surface area contributed by atoms with Gasteiger partial charge in [-0.1, -0.05) is 0 Å². The molecule has 0 aliphatic heterocycles. The second-order valence-corrected chi connectivity index (χ2v) is 5.13. The average molecular weight is 232 g/mol. The molecule has 2 atom stereocenters. The second-order valence-electron chi connectivity index (χ2n) is 5.13. The van der Waals surface area contributed by atoms with E-state index in [1.807, 2.05) is 13.1 Å². The van der Waals surface area contributed by atoms with Crippen molar-refractivity contribution in [1.29, 1.82) is 0 Å². The first-order chi connectivity index (χ1) is 8.15. The number of hydrogen-bond donors (Lipinski definition) is 1. The molecule has 3 rings (SSSR count). The zero-order valence-electron chi connectivity index (χ0n) is 9.99. The molecule has 1 aliphatic carbocycles. The SMILES string of the molecule is Cn1cc([C@@H]2CC[C@H](N)C2)c2cc(F)ccc21. The third-order valence-electron chi connectivity index (χ3n) is 3.90. The molecular weight excluding hydrogens is 215 g/mol. The van der Waals surface area contributed by atoms with Gasteiger partial charge >= 0.3 is 0 Å². The molecule has 1 fully saturated rings. The molecular formula is C14H17FN2. The van der Waals surface area contributed by atoms with E-state index < -0.39 is 0 Å². The van der Waals surface area contributed by atoms with Gasteiger partial charge in [0.25, 0.3) is 0 Å². The van der Waals surface area contributed by atoms with Gasteiger partial charge in [0, 0.05) is 30.2 Å². The standard InChI is InChI=1S/C14H17FN2/c1-17-8-13(9-2-4-11(16)6-9)12-7-10(15)3-5-14(12)17/h3,5,7-9,11H,2,4,6,16H2,1H3/t9-,11+/m1/s1. The van der Waals surface area contributed by atoms with Gasteiger partial charge in [0.15, 0.2) is 0 Å². The van der Waals surface area contributed by atoms with Crippen LogP contribution in [0.3, 0.4) is 0 Å². The Kier molecular flexibility index (Phi) is 2.44. The highest BCUT2D eigenvalue weighted by molar-refractivity contribution is 5.84. The van der Waals surface area contributed by atoms with Gasteiger partial charge in [-0.05, 0) is 48.9 Å². The van der Waals surface area contributed by atoms with Gasteiger partial charge in [0.05, 0.1) is 0 Å². The minimum absolute atomic E-state index is 0.160. The highest BCUT2D eigenvalue weighted by atomic mass is 19.1. The van der Waals surface area contributed by atoms with Crippen LogP contribution in [0.2, 0.25) is 0 Å². The van der Waals surface area contributed by atoms with Gasteiger partial charge in [-0.2, -0.15) is 0 Å². The van der Waals surface area contributed by atoms with Crippen molar-refractivity contribution in [2.75, 3.05) is 0 Å². The zero-order valence-corrected chi connectivity index (χ0v) is 9.99. The summed E-state index contributed by atoms with van der Waals surface area (Å²) in [6.45, 7) is 0. The molecule has 0 amide bonds. The number of hydrogen-bond acceptors (Lipinski definition) is 1. The lowest BCUT2D eigenvalue weighted by Crippen LogP contribution is -2.14. The number of nitrogens with zero attached hydrogens (tertiary/aromatic N) is 1. The van der Waals surface area contributed by atoms with Crippen LogP contribution < -0.4 is 5.73 Å². The van der Waals surface area contributed by atoms with Gasteiger partial charge in [-0.25, -0.2) is 4.39 Å². The molecule has 2 N–H and O–H groups in total. The highest BCUT2D eigenvalue weighted by Crippen LogP contribution is 2.38. The van der Waals surface area contributed by atoms with Crippen LogP contribution in [0.4, 0.5) is 4.39 Å². The fourth-order valence-electron chi connectivity index (χ4n) is 3.02. The molecule has 2 aromatic rings. The number of fused-ring (bicyclic) bond motifs is 1. The lowest BCUT2D eigenvalue weighted by atomic mass is 9.97. The Hall–Kier alpha value is -1.35. The van der Waals surface area contributed by atoms with E-state index in [9.17, 15) is 4.39 Å². The van der Waals surface area contributed by atoms with E-state index in [1.54, 1.807) is 6.07 Å². The number of nitrogens with two attached hydrogens (primary N) is 1. The van der Waals surface area contributed by atoms with E-state index in [0.29, 0.717) is 12.0 Å². The Balaban J connectivity index is 2.13. The topological polar surface area (TPSA) is 30.9 Å². The number of benzene rings is 1. The van der Waals surface area contributed by atoms with Crippen LogP contribution >= 0.6 is 0 Å². The first-order valence-corrected chi connectivity index (χ1v) is 6.15. The molecule has 1 aromatic carbocycles. The molecule has 0 saturated heterocycles. The first kappa shape index (κ1) is 10.8. The van der Waals surface area contributed by atoms with Crippen LogP contribution in [-0.2, 0) is 7.05 Å². The maximum absolute atomic E-state index is 13.4. The number of rotatable bonds is 1. The Bertz CT molecular complexity index is 559.